The molecule has 0 unspecified atom stereocenters. The first-order chi connectivity index (χ1) is 7.40. The average molecular weight is 201 g/mol. The number of benzene rings is 1. The highest BCUT2D eigenvalue weighted by Crippen LogP contribution is 2.07. The van der Waals surface area contributed by atoms with Gasteiger partial charge in [-0.15, -0.1) is 0 Å². The Bertz CT molecular complexity index is 406. The van der Waals surface area contributed by atoms with Gasteiger partial charge in [0.1, 0.15) is 0 Å². The maximum Gasteiger partial charge on any atom is 0.0925 e. The highest BCUT2D eigenvalue weighted by Gasteiger charge is 2.03. The summed E-state index contributed by atoms with van der Waals surface area (Å²) < 4.78 is 0. The van der Waals surface area contributed by atoms with Gasteiger partial charge in [-0.25, -0.2) is 4.98 Å². The smallest absolute Gasteiger partial charge is 0.0925 e. The van der Waals surface area contributed by atoms with Gasteiger partial charge in [-0.1, -0.05) is 30.3 Å². The van der Waals surface area contributed by atoms with Crippen LogP contribution < -0.4 is 5.73 Å². The van der Waals surface area contributed by atoms with E-state index in [9.17, 15) is 0 Å². The molecule has 0 fully saturated rings. The van der Waals surface area contributed by atoms with E-state index in [1.807, 2.05) is 6.07 Å². The molecular weight excluding hydrogens is 186 g/mol. The molecule has 0 aliphatic carbocycles. The number of nitrogens with one attached hydrogen (secondary N) is 1. The molecule has 1 aromatic heterocycles. The second-order valence-corrected chi connectivity index (χ2v) is 3.52. The minimum absolute atomic E-state index is 0.532. The van der Waals surface area contributed by atoms with Crippen LogP contribution in [-0.2, 0) is 19.4 Å². The van der Waals surface area contributed by atoms with E-state index in [0.717, 1.165) is 24.2 Å². The van der Waals surface area contributed by atoms with Crippen molar-refractivity contribution in [1.82, 2.24) is 9.97 Å². The summed E-state index contributed by atoms with van der Waals surface area (Å²) in [6, 6.07) is 10.4. The predicted molar refractivity (Wildman–Crippen MR) is 60.3 cm³/mol. The zero-order valence-corrected chi connectivity index (χ0v) is 8.61. The van der Waals surface area contributed by atoms with E-state index in [4.69, 9.17) is 5.73 Å². The van der Waals surface area contributed by atoms with Crippen molar-refractivity contribution in [3.05, 3.63) is 53.6 Å². The normalized spacial score (nSPS) is 10.5. The zero-order chi connectivity index (χ0) is 10.5. The molecule has 0 amide bonds. The van der Waals surface area contributed by atoms with Gasteiger partial charge in [-0.05, 0) is 18.4 Å². The molecule has 3 N–H and O–H groups in total. The molecule has 0 atom stereocenters. The van der Waals surface area contributed by atoms with Gasteiger partial charge in [0.15, 0.2) is 0 Å². The molecule has 0 saturated heterocycles. The molecule has 0 spiro atoms. The molecule has 0 saturated carbocycles. The van der Waals surface area contributed by atoms with Gasteiger partial charge >= 0.3 is 0 Å². The maximum absolute atomic E-state index is 5.59. The third kappa shape index (κ3) is 2.44. The lowest BCUT2D eigenvalue weighted by Crippen LogP contribution is -2.02. The Morgan fingerprint density at radius 3 is 2.67 bits per heavy atom. The van der Waals surface area contributed by atoms with E-state index in [0.29, 0.717) is 6.54 Å². The Morgan fingerprint density at radius 1 is 1.13 bits per heavy atom. The SMILES string of the molecule is NCc1[nH]cnc1CCc1ccccc1. The van der Waals surface area contributed by atoms with Gasteiger partial charge in [-0.2, -0.15) is 0 Å². The van der Waals surface area contributed by atoms with E-state index >= 15 is 0 Å². The molecule has 0 aliphatic rings. The number of nitrogens with two attached hydrogens (primary N) is 1. The lowest BCUT2D eigenvalue weighted by Gasteiger charge is -2.00. The highest BCUT2D eigenvalue weighted by atomic mass is 14.9. The van der Waals surface area contributed by atoms with Crippen LogP contribution in [0.4, 0.5) is 0 Å². The quantitative estimate of drug-likeness (QED) is 0.790. The van der Waals surface area contributed by atoms with Crippen LogP contribution >= 0.6 is 0 Å². The van der Waals surface area contributed by atoms with Gasteiger partial charge in [0.25, 0.3) is 0 Å². The fourth-order valence-corrected chi connectivity index (χ4v) is 1.65. The summed E-state index contributed by atoms with van der Waals surface area (Å²) in [5.74, 6) is 0. The van der Waals surface area contributed by atoms with E-state index in [-0.39, 0.29) is 0 Å². The first-order valence-corrected chi connectivity index (χ1v) is 5.15. The van der Waals surface area contributed by atoms with Crippen LogP contribution in [0.15, 0.2) is 36.7 Å². The molecule has 78 valence electrons. The van der Waals surface area contributed by atoms with E-state index in [1.54, 1.807) is 6.33 Å². The Labute approximate surface area is 89.4 Å². The topological polar surface area (TPSA) is 54.7 Å². The van der Waals surface area contributed by atoms with Crippen molar-refractivity contribution in [2.75, 3.05) is 0 Å². The van der Waals surface area contributed by atoms with Crippen LogP contribution in [0.5, 0.6) is 0 Å². The summed E-state index contributed by atoms with van der Waals surface area (Å²) in [5, 5.41) is 0. The second kappa shape index (κ2) is 4.75. The fourth-order valence-electron chi connectivity index (χ4n) is 1.65. The van der Waals surface area contributed by atoms with Gasteiger partial charge in [-0.3, -0.25) is 0 Å². The first-order valence-electron chi connectivity index (χ1n) is 5.15. The standard InChI is InChI=1S/C12H15N3/c13-8-12-11(14-9-15-12)7-6-10-4-2-1-3-5-10/h1-5,9H,6-8,13H2,(H,14,15). The van der Waals surface area contributed by atoms with Crippen LogP contribution in [0.3, 0.4) is 0 Å². The fraction of sp³-hybridized carbons (Fsp3) is 0.250. The molecule has 2 aromatic rings. The highest BCUT2D eigenvalue weighted by molar-refractivity contribution is 5.18. The summed E-state index contributed by atoms with van der Waals surface area (Å²) in [4.78, 5) is 7.32. The van der Waals surface area contributed by atoms with Crippen molar-refractivity contribution in [3.63, 3.8) is 0 Å². The Balaban J connectivity index is 1.99. The monoisotopic (exact) mass is 201 g/mol. The molecule has 3 nitrogen and oxygen atoms in total. The summed E-state index contributed by atoms with van der Waals surface area (Å²) in [6.45, 7) is 0.532. The van der Waals surface area contributed by atoms with Crippen LogP contribution in [0.1, 0.15) is 17.0 Å². The van der Waals surface area contributed by atoms with Crippen molar-refractivity contribution >= 4 is 0 Å². The van der Waals surface area contributed by atoms with Gasteiger partial charge in [0.05, 0.1) is 17.7 Å². The number of aryl methyl sites for hydroxylation is 2. The minimum Gasteiger partial charge on any atom is -0.347 e. The van der Waals surface area contributed by atoms with E-state index in [2.05, 4.69) is 34.2 Å². The van der Waals surface area contributed by atoms with Crippen molar-refractivity contribution < 1.29 is 0 Å². The van der Waals surface area contributed by atoms with Gasteiger partial charge in [0.2, 0.25) is 0 Å². The number of aromatic nitrogens is 2. The average Bonchev–Trinajstić information content (AvgIpc) is 2.75. The van der Waals surface area contributed by atoms with Crippen LogP contribution in [-0.4, -0.2) is 9.97 Å². The lowest BCUT2D eigenvalue weighted by molar-refractivity contribution is 0.885. The number of H-pyrrole nitrogens is 1. The number of nitrogens with zero attached hydrogens (tertiary/aromatic N) is 1. The summed E-state index contributed by atoms with van der Waals surface area (Å²) in [6.07, 6.45) is 3.67. The minimum atomic E-state index is 0.532. The van der Waals surface area contributed by atoms with Crippen molar-refractivity contribution in [3.8, 4) is 0 Å². The molecule has 15 heavy (non-hydrogen) atoms. The molecular formula is C12H15N3. The third-order valence-electron chi connectivity index (χ3n) is 2.50. The molecule has 3 heteroatoms. The largest absolute Gasteiger partial charge is 0.347 e. The molecule has 0 radical (unpaired) electrons. The molecule has 1 aromatic carbocycles. The first kappa shape index (κ1) is 9.93. The van der Waals surface area contributed by atoms with Crippen LogP contribution in [0.25, 0.3) is 0 Å². The Kier molecular flexibility index (Phi) is 3.15. The molecule has 2 rings (SSSR count). The Morgan fingerprint density at radius 2 is 1.93 bits per heavy atom. The molecule has 0 bridgehead atoms. The number of hydrogen-bond donors (Lipinski definition) is 2. The number of rotatable bonds is 4. The van der Waals surface area contributed by atoms with E-state index < -0.39 is 0 Å². The lowest BCUT2D eigenvalue weighted by atomic mass is 10.1. The summed E-state index contributed by atoms with van der Waals surface area (Å²) >= 11 is 0. The predicted octanol–water partition coefficient (Wildman–Crippen LogP) is 1.65. The van der Waals surface area contributed by atoms with Crippen LogP contribution in [0, 0.1) is 0 Å². The molecule has 1 heterocycles. The van der Waals surface area contributed by atoms with Crippen LogP contribution in [0.2, 0.25) is 0 Å². The number of hydrogen-bond acceptors (Lipinski definition) is 2. The zero-order valence-electron chi connectivity index (χ0n) is 8.61. The number of aromatic amines is 1. The van der Waals surface area contributed by atoms with Gasteiger partial charge in [0, 0.05) is 6.54 Å². The third-order valence-corrected chi connectivity index (χ3v) is 2.50. The number of imidazole rings is 1. The van der Waals surface area contributed by atoms with Crippen molar-refractivity contribution in [2.45, 2.75) is 19.4 Å². The summed E-state index contributed by atoms with van der Waals surface area (Å²) in [7, 11) is 0. The van der Waals surface area contributed by atoms with Crippen molar-refractivity contribution in [1.29, 1.82) is 0 Å². The maximum atomic E-state index is 5.59. The summed E-state index contributed by atoms with van der Waals surface area (Å²) in [5.41, 5.74) is 9.06. The Hall–Kier alpha value is -1.61. The van der Waals surface area contributed by atoms with Crippen molar-refractivity contribution in [2.24, 2.45) is 5.73 Å². The van der Waals surface area contributed by atoms with Gasteiger partial charge < -0.3 is 10.7 Å². The molecule has 0 aliphatic heterocycles. The van der Waals surface area contributed by atoms with E-state index in [1.165, 1.54) is 5.56 Å². The second-order valence-electron chi connectivity index (χ2n) is 3.52.